The van der Waals surface area contributed by atoms with Crippen LogP contribution in [0.5, 0.6) is 0 Å². The number of aliphatic imine (C=N–C) groups is 1. The molecule has 3 aromatic rings. The van der Waals surface area contributed by atoms with Crippen molar-refractivity contribution in [3.8, 4) is 0 Å². The highest BCUT2D eigenvalue weighted by atomic mass is 35.5. The maximum atomic E-state index is 12.3. The zero-order valence-corrected chi connectivity index (χ0v) is 15.7. The molecular weight excluding hydrogens is 400 g/mol. The third kappa shape index (κ3) is 3.60. The van der Waals surface area contributed by atoms with E-state index in [1.807, 2.05) is 30.3 Å². The van der Waals surface area contributed by atoms with Crippen LogP contribution >= 0.6 is 23.4 Å². The third-order valence-electron chi connectivity index (χ3n) is 3.98. The largest absolute Gasteiger partial charge is 0.300 e. The Labute approximate surface area is 168 Å². The van der Waals surface area contributed by atoms with Gasteiger partial charge in [0.15, 0.2) is 5.17 Å². The van der Waals surface area contributed by atoms with Gasteiger partial charge in [0.25, 0.3) is 11.6 Å². The SMILES string of the molecule is O=C1NC(=Nc2cc([N+](=O)[O-])ccc2Cl)S/C1=C/c1cccc2ncccc12. The average Bonchev–Trinajstić information content (AvgIpc) is 3.02. The topological polar surface area (TPSA) is 97.5 Å². The highest BCUT2D eigenvalue weighted by Gasteiger charge is 2.24. The molecule has 28 heavy (non-hydrogen) atoms. The summed E-state index contributed by atoms with van der Waals surface area (Å²) in [5.41, 5.74) is 1.78. The maximum absolute atomic E-state index is 12.3. The van der Waals surface area contributed by atoms with Crippen LogP contribution in [0.1, 0.15) is 5.56 Å². The number of non-ortho nitro benzene ring substituents is 1. The summed E-state index contributed by atoms with van der Waals surface area (Å²) in [5, 5.41) is 15.1. The Hall–Kier alpha value is -3.23. The molecule has 0 spiro atoms. The Morgan fingerprint density at radius 2 is 2.07 bits per heavy atom. The van der Waals surface area contributed by atoms with Crippen molar-refractivity contribution >= 4 is 62.8 Å². The lowest BCUT2D eigenvalue weighted by molar-refractivity contribution is -0.384. The van der Waals surface area contributed by atoms with Crippen molar-refractivity contribution in [1.29, 1.82) is 0 Å². The fraction of sp³-hybridized carbons (Fsp3) is 0. The number of amidine groups is 1. The normalized spacial score (nSPS) is 16.7. The molecule has 1 aliphatic rings. The molecule has 0 bridgehead atoms. The molecule has 2 aromatic carbocycles. The van der Waals surface area contributed by atoms with Gasteiger partial charge in [0.05, 0.1) is 26.1 Å². The summed E-state index contributed by atoms with van der Waals surface area (Å²) in [6, 6.07) is 13.4. The van der Waals surface area contributed by atoms with Gasteiger partial charge in [-0.2, -0.15) is 0 Å². The van der Waals surface area contributed by atoms with E-state index in [0.29, 0.717) is 10.1 Å². The summed E-state index contributed by atoms with van der Waals surface area (Å²) < 4.78 is 0. The van der Waals surface area contributed by atoms with Gasteiger partial charge in [-0.05, 0) is 41.6 Å². The Balaban J connectivity index is 1.68. The minimum Gasteiger partial charge on any atom is -0.300 e. The summed E-state index contributed by atoms with van der Waals surface area (Å²) in [5.74, 6) is -0.300. The second-order valence-corrected chi connectivity index (χ2v) is 7.23. The lowest BCUT2D eigenvalue weighted by Crippen LogP contribution is -2.19. The monoisotopic (exact) mass is 410 g/mol. The molecule has 4 rings (SSSR count). The van der Waals surface area contributed by atoms with E-state index in [0.717, 1.165) is 28.2 Å². The van der Waals surface area contributed by atoms with Crippen LogP contribution in [0.3, 0.4) is 0 Å². The van der Waals surface area contributed by atoms with Gasteiger partial charge in [-0.25, -0.2) is 4.99 Å². The van der Waals surface area contributed by atoms with E-state index in [1.165, 1.54) is 18.2 Å². The number of halogens is 1. The molecule has 9 heteroatoms. The first-order valence-electron chi connectivity index (χ1n) is 8.08. The molecule has 2 heterocycles. The Morgan fingerprint density at radius 3 is 2.89 bits per heavy atom. The van der Waals surface area contributed by atoms with Crippen LogP contribution in [0.2, 0.25) is 5.02 Å². The van der Waals surface area contributed by atoms with E-state index in [2.05, 4.69) is 15.3 Å². The molecule has 0 radical (unpaired) electrons. The summed E-state index contributed by atoms with van der Waals surface area (Å²) >= 11 is 7.22. The van der Waals surface area contributed by atoms with Gasteiger partial charge in [0.1, 0.15) is 0 Å². The molecular formula is C19H11ClN4O3S. The van der Waals surface area contributed by atoms with Crippen LogP contribution in [0.25, 0.3) is 17.0 Å². The Bertz CT molecular complexity index is 1190. The van der Waals surface area contributed by atoms with Crippen LogP contribution in [-0.4, -0.2) is 21.0 Å². The van der Waals surface area contributed by atoms with Crippen LogP contribution in [0.4, 0.5) is 11.4 Å². The van der Waals surface area contributed by atoms with Gasteiger partial charge < -0.3 is 5.32 Å². The number of carbonyl (C=O) groups is 1. The van der Waals surface area contributed by atoms with Crippen molar-refractivity contribution in [3.05, 3.63) is 80.3 Å². The molecule has 1 fully saturated rings. The summed E-state index contributed by atoms with van der Waals surface area (Å²) in [7, 11) is 0. The number of nitrogens with zero attached hydrogens (tertiary/aromatic N) is 3. The first-order chi connectivity index (χ1) is 13.5. The molecule has 0 unspecified atom stereocenters. The molecule has 0 aliphatic carbocycles. The molecule has 1 amide bonds. The fourth-order valence-corrected chi connectivity index (χ4v) is 3.67. The van der Waals surface area contributed by atoms with Crippen LogP contribution in [0, 0.1) is 10.1 Å². The maximum Gasteiger partial charge on any atom is 0.271 e. The average molecular weight is 411 g/mol. The van der Waals surface area contributed by atoms with Gasteiger partial charge in [0.2, 0.25) is 0 Å². The standard InChI is InChI=1S/C19H11ClN4O3S/c20-14-7-6-12(24(26)27)10-16(14)22-19-23-18(25)17(28-19)9-11-3-1-5-15-13(11)4-2-8-21-15/h1-10H,(H,22,23,25)/b17-9+. The predicted molar refractivity (Wildman–Crippen MR) is 111 cm³/mol. The fourth-order valence-electron chi connectivity index (χ4n) is 2.68. The molecule has 0 saturated carbocycles. The van der Waals surface area contributed by atoms with Crippen molar-refractivity contribution < 1.29 is 9.72 Å². The Kier molecular flexibility index (Phi) is 4.81. The Morgan fingerprint density at radius 1 is 1.21 bits per heavy atom. The molecule has 138 valence electrons. The molecule has 1 aliphatic heterocycles. The summed E-state index contributed by atoms with van der Waals surface area (Å²) in [6.07, 6.45) is 3.48. The third-order valence-corrected chi connectivity index (χ3v) is 5.21. The molecule has 1 aromatic heterocycles. The number of carbonyl (C=O) groups excluding carboxylic acids is 1. The highest BCUT2D eigenvalue weighted by molar-refractivity contribution is 8.18. The number of rotatable bonds is 3. The van der Waals surface area contributed by atoms with Crippen LogP contribution in [-0.2, 0) is 4.79 Å². The van der Waals surface area contributed by atoms with E-state index in [4.69, 9.17) is 11.6 Å². The number of pyridine rings is 1. The zero-order valence-electron chi connectivity index (χ0n) is 14.1. The summed E-state index contributed by atoms with van der Waals surface area (Å²) in [4.78, 5) is 31.8. The number of amides is 1. The number of nitro groups is 1. The first kappa shape index (κ1) is 18.1. The minimum atomic E-state index is -0.528. The lowest BCUT2D eigenvalue weighted by Gasteiger charge is -2.01. The van der Waals surface area contributed by atoms with Gasteiger partial charge in [-0.15, -0.1) is 0 Å². The lowest BCUT2D eigenvalue weighted by atomic mass is 10.1. The predicted octanol–water partition coefficient (Wildman–Crippen LogP) is 4.69. The van der Waals surface area contributed by atoms with Gasteiger partial charge >= 0.3 is 0 Å². The number of hydrogen-bond acceptors (Lipinski definition) is 6. The number of hydrogen-bond donors (Lipinski definition) is 1. The molecule has 7 nitrogen and oxygen atoms in total. The van der Waals surface area contributed by atoms with Crippen molar-refractivity contribution in [1.82, 2.24) is 10.3 Å². The highest BCUT2D eigenvalue weighted by Crippen LogP contribution is 2.33. The smallest absolute Gasteiger partial charge is 0.271 e. The quantitative estimate of drug-likeness (QED) is 0.384. The van der Waals surface area contributed by atoms with E-state index < -0.39 is 4.92 Å². The number of nitrogens with one attached hydrogen (secondary N) is 1. The first-order valence-corrected chi connectivity index (χ1v) is 9.28. The van der Waals surface area contributed by atoms with Crippen molar-refractivity contribution in [3.63, 3.8) is 0 Å². The van der Waals surface area contributed by atoms with E-state index >= 15 is 0 Å². The van der Waals surface area contributed by atoms with Gasteiger partial charge in [-0.1, -0.05) is 29.8 Å². The van der Waals surface area contributed by atoms with Crippen molar-refractivity contribution in [2.75, 3.05) is 0 Å². The minimum absolute atomic E-state index is 0.128. The van der Waals surface area contributed by atoms with Gasteiger partial charge in [-0.3, -0.25) is 19.9 Å². The summed E-state index contributed by atoms with van der Waals surface area (Å²) in [6.45, 7) is 0. The van der Waals surface area contributed by atoms with E-state index in [-0.39, 0.29) is 22.3 Å². The molecule has 1 saturated heterocycles. The molecule has 0 atom stereocenters. The second kappa shape index (κ2) is 7.41. The number of fused-ring (bicyclic) bond motifs is 1. The van der Waals surface area contributed by atoms with Crippen molar-refractivity contribution in [2.45, 2.75) is 0 Å². The van der Waals surface area contributed by atoms with E-state index in [9.17, 15) is 14.9 Å². The second-order valence-electron chi connectivity index (χ2n) is 5.79. The van der Waals surface area contributed by atoms with Gasteiger partial charge in [0, 0.05) is 23.7 Å². The number of aromatic nitrogens is 1. The zero-order chi connectivity index (χ0) is 19.7. The number of benzene rings is 2. The van der Waals surface area contributed by atoms with Crippen molar-refractivity contribution in [2.24, 2.45) is 4.99 Å². The van der Waals surface area contributed by atoms with Crippen LogP contribution < -0.4 is 5.32 Å². The molecule has 1 N–H and O–H groups in total. The number of thioether (sulfide) groups is 1. The van der Waals surface area contributed by atoms with E-state index in [1.54, 1.807) is 12.3 Å². The van der Waals surface area contributed by atoms with Crippen LogP contribution in [0.15, 0.2) is 64.6 Å². The number of nitro benzene ring substituents is 1.